The number of rotatable bonds is 6. The molecule has 8 nitrogen and oxygen atoms in total. The molecular formula is C16H20N2O6. The minimum Gasteiger partial charge on any atom is -0.484 e. The van der Waals surface area contributed by atoms with Crippen LogP contribution < -0.4 is 10.5 Å². The van der Waals surface area contributed by atoms with Gasteiger partial charge in [0.1, 0.15) is 5.75 Å². The first-order valence-electron chi connectivity index (χ1n) is 7.53. The minimum absolute atomic E-state index is 0.0301. The predicted molar refractivity (Wildman–Crippen MR) is 83.4 cm³/mol. The van der Waals surface area contributed by atoms with E-state index in [0.29, 0.717) is 25.4 Å². The molecule has 0 aliphatic carbocycles. The van der Waals surface area contributed by atoms with Crippen molar-refractivity contribution in [1.82, 2.24) is 4.90 Å². The Morgan fingerprint density at radius 2 is 2.12 bits per heavy atom. The van der Waals surface area contributed by atoms with Crippen LogP contribution in [0.4, 0.5) is 0 Å². The van der Waals surface area contributed by atoms with Crippen LogP contribution in [0.25, 0.3) is 0 Å². The molecule has 0 aromatic heterocycles. The van der Waals surface area contributed by atoms with Gasteiger partial charge in [-0.1, -0.05) is 6.07 Å². The molecule has 1 unspecified atom stereocenters. The Labute approximate surface area is 139 Å². The average Bonchev–Trinajstić information content (AvgIpc) is 2.57. The van der Waals surface area contributed by atoms with E-state index in [1.807, 2.05) is 6.92 Å². The van der Waals surface area contributed by atoms with E-state index in [1.54, 1.807) is 17.0 Å². The van der Waals surface area contributed by atoms with Crippen molar-refractivity contribution in [2.45, 2.75) is 13.0 Å². The van der Waals surface area contributed by atoms with Crippen molar-refractivity contribution < 1.29 is 28.6 Å². The molecule has 0 saturated carbocycles. The summed E-state index contributed by atoms with van der Waals surface area (Å²) in [5, 5.41) is 0. The molecule has 2 N–H and O–H groups in total. The van der Waals surface area contributed by atoms with Crippen molar-refractivity contribution in [2.75, 3.05) is 32.9 Å². The van der Waals surface area contributed by atoms with Crippen molar-refractivity contribution in [2.24, 2.45) is 5.73 Å². The Hall–Kier alpha value is -2.61. The Balaban J connectivity index is 1.86. The zero-order valence-electron chi connectivity index (χ0n) is 13.4. The molecule has 24 heavy (non-hydrogen) atoms. The summed E-state index contributed by atoms with van der Waals surface area (Å²) in [7, 11) is 0. The maximum atomic E-state index is 12.0. The lowest BCUT2D eigenvalue weighted by molar-refractivity contribution is -0.141. The molecule has 1 atom stereocenters. The van der Waals surface area contributed by atoms with Crippen LogP contribution in [0.15, 0.2) is 24.3 Å². The molecule has 2 amide bonds. The molecule has 1 aromatic carbocycles. The maximum absolute atomic E-state index is 12.0. The SMILES string of the molecule is CC1CN(C(=O)COC(=O)c2cccc(OCC(N)=O)c2)CCO1. The fraction of sp³-hybridized carbons (Fsp3) is 0.438. The third-order valence-corrected chi connectivity index (χ3v) is 3.37. The Morgan fingerprint density at radius 3 is 2.83 bits per heavy atom. The van der Waals surface area contributed by atoms with E-state index in [1.165, 1.54) is 12.1 Å². The highest BCUT2D eigenvalue weighted by Crippen LogP contribution is 2.14. The quantitative estimate of drug-likeness (QED) is 0.730. The first-order valence-corrected chi connectivity index (χ1v) is 7.53. The summed E-state index contributed by atoms with van der Waals surface area (Å²) in [4.78, 5) is 36.4. The largest absolute Gasteiger partial charge is 0.484 e. The van der Waals surface area contributed by atoms with Crippen molar-refractivity contribution >= 4 is 17.8 Å². The first-order chi connectivity index (χ1) is 11.5. The zero-order chi connectivity index (χ0) is 17.5. The van der Waals surface area contributed by atoms with Gasteiger partial charge in [-0.05, 0) is 25.1 Å². The molecule has 1 aromatic rings. The highest BCUT2D eigenvalue weighted by Gasteiger charge is 2.22. The number of benzene rings is 1. The van der Waals surface area contributed by atoms with E-state index in [-0.39, 0.29) is 30.8 Å². The summed E-state index contributed by atoms with van der Waals surface area (Å²) in [6, 6.07) is 6.12. The van der Waals surface area contributed by atoms with Crippen molar-refractivity contribution in [1.29, 1.82) is 0 Å². The molecule has 2 rings (SSSR count). The lowest BCUT2D eigenvalue weighted by atomic mass is 10.2. The first kappa shape index (κ1) is 17.7. The van der Waals surface area contributed by atoms with Gasteiger partial charge in [-0.3, -0.25) is 9.59 Å². The highest BCUT2D eigenvalue weighted by atomic mass is 16.5. The highest BCUT2D eigenvalue weighted by molar-refractivity contribution is 5.91. The number of nitrogens with zero attached hydrogens (tertiary/aromatic N) is 1. The van der Waals surface area contributed by atoms with E-state index in [9.17, 15) is 14.4 Å². The van der Waals surface area contributed by atoms with Crippen LogP contribution in [-0.4, -0.2) is 61.7 Å². The molecule has 8 heteroatoms. The van der Waals surface area contributed by atoms with Crippen molar-refractivity contribution in [3.8, 4) is 5.75 Å². The summed E-state index contributed by atoms with van der Waals surface area (Å²) in [5.74, 6) is -1.21. The second-order valence-corrected chi connectivity index (χ2v) is 5.38. The summed E-state index contributed by atoms with van der Waals surface area (Å²) in [6.45, 7) is 2.69. The van der Waals surface area contributed by atoms with Crippen LogP contribution >= 0.6 is 0 Å². The van der Waals surface area contributed by atoms with E-state index in [4.69, 9.17) is 19.9 Å². The van der Waals surface area contributed by atoms with Gasteiger partial charge in [0.25, 0.3) is 11.8 Å². The zero-order valence-corrected chi connectivity index (χ0v) is 13.4. The number of ether oxygens (including phenoxy) is 3. The Kier molecular flexibility index (Phi) is 6.14. The normalized spacial score (nSPS) is 17.2. The monoisotopic (exact) mass is 336 g/mol. The summed E-state index contributed by atoms with van der Waals surface area (Å²) in [5.41, 5.74) is 5.22. The third-order valence-electron chi connectivity index (χ3n) is 3.37. The summed E-state index contributed by atoms with van der Waals surface area (Å²) >= 11 is 0. The molecule has 1 saturated heterocycles. The molecule has 1 aliphatic rings. The fourth-order valence-corrected chi connectivity index (χ4v) is 2.21. The van der Waals surface area contributed by atoms with Crippen LogP contribution in [0.3, 0.4) is 0 Å². The molecule has 0 spiro atoms. The number of hydrogen-bond donors (Lipinski definition) is 1. The smallest absolute Gasteiger partial charge is 0.338 e. The van der Waals surface area contributed by atoms with Crippen LogP contribution in [0.2, 0.25) is 0 Å². The van der Waals surface area contributed by atoms with Gasteiger partial charge in [-0.2, -0.15) is 0 Å². The number of esters is 1. The van der Waals surface area contributed by atoms with E-state index < -0.39 is 11.9 Å². The fourth-order valence-electron chi connectivity index (χ4n) is 2.21. The van der Waals surface area contributed by atoms with Crippen LogP contribution in [0.1, 0.15) is 17.3 Å². The van der Waals surface area contributed by atoms with Gasteiger partial charge >= 0.3 is 5.97 Å². The number of hydrogen-bond acceptors (Lipinski definition) is 6. The van der Waals surface area contributed by atoms with Gasteiger partial charge in [-0.25, -0.2) is 4.79 Å². The van der Waals surface area contributed by atoms with E-state index in [0.717, 1.165) is 0 Å². The molecule has 1 heterocycles. The van der Waals surface area contributed by atoms with Crippen LogP contribution in [0, 0.1) is 0 Å². The van der Waals surface area contributed by atoms with Crippen molar-refractivity contribution in [3.63, 3.8) is 0 Å². The Morgan fingerprint density at radius 1 is 1.33 bits per heavy atom. The number of primary amides is 1. The van der Waals surface area contributed by atoms with Gasteiger partial charge in [-0.15, -0.1) is 0 Å². The Bertz CT molecular complexity index is 618. The summed E-state index contributed by atoms with van der Waals surface area (Å²) in [6.07, 6.45) is -0.0301. The second kappa shape index (κ2) is 8.30. The lowest BCUT2D eigenvalue weighted by Gasteiger charge is -2.30. The van der Waals surface area contributed by atoms with Crippen LogP contribution in [-0.2, 0) is 19.1 Å². The average molecular weight is 336 g/mol. The minimum atomic E-state index is -0.644. The number of nitrogens with two attached hydrogens (primary N) is 1. The van der Waals surface area contributed by atoms with Gasteiger partial charge in [0.05, 0.1) is 18.3 Å². The number of carbonyl (C=O) groups excluding carboxylic acids is 3. The van der Waals surface area contributed by atoms with Gasteiger partial charge < -0.3 is 24.8 Å². The van der Waals surface area contributed by atoms with Gasteiger partial charge in [0, 0.05) is 13.1 Å². The molecule has 130 valence electrons. The molecule has 1 fully saturated rings. The predicted octanol–water partition coefficient (Wildman–Crippen LogP) is -0.0452. The van der Waals surface area contributed by atoms with Gasteiger partial charge in [0.2, 0.25) is 0 Å². The topological polar surface area (TPSA) is 108 Å². The molecule has 0 bridgehead atoms. The molecule has 1 aliphatic heterocycles. The van der Waals surface area contributed by atoms with E-state index >= 15 is 0 Å². The number of morpholine rings is 1. The lowest BCUT2D eigenvalue weighted by Crippen LogP contribution is -2.46. The third kappa shape index (κ3) is 5.24. The number of amides is 2. The van der Waals surface area contributed by atoms with Gasteiger partial charge in [0.15, 0.2) is 13.2 Å². The number of carbonyl (C=O) groups is 3. The molecule has 0 radical (unpaired) electrons. The standard InChI is InChI=1S/C16H20N2O6/c1-11-8-18(5-6-22-11)15(20)10-24-16(21)12-3-2-4-13(7-12)23-9-14(17)19/h2-4,7,11H,5-6,8-10H2,1H3,(H2,17,19). The second-order valence-electron chi connectivity index (χ2n) is 5.38. The molecular weight excluding hydrogens is 316 g/mol. The maximum Gasteiger partial charge on any atom is 0.338 e. The van der Waals surface area contributed by atoms with Crippen LogP contribution in [0.5, 0.6) is 5.75 Å². The van der Waals surface area contributed by atoms with E-state index in [2.05, 4.69) is 0 Å². The van der Waals surface area contributed by atoms with Crippen molar-refractivity contribution in [3.05, 3.63) is 29.8 Å². The summed E-state index contributed by atoms with van der Waals surface area (Å²) < 4.78 is 15.5.